The molecule has 1 saturated carbocycles. The lowest BCUT2D eigenvalue weighted by molar-refractivity contribution is -0.137. The molecule has 2 aromatic rings. The summed E-state index contributed by atoms with van der Waals surface area (Å²) in [5.41, 5.74) is 0.652. The highest BCUT2D eigenvalue weighted by molar-refractivity contribution is 6.31. The fraction of sp³-hybridized carbons (Fsp3) is 0.357. The van der Waals surface area contributed by atoms with Crippen molar-refractivity contribution < 1.29 is 13.2 Å². The Morgan fingerprint density at radius 1 is 1.33 bits per heavy atom. The third kappa shape index (κ3) is 3.39. The van der Waals surface area contributed by atoms with Crippen LogP contribution in [0.25, 0.3) is 5.69 Å². The number of nitrogens with zero attached hydrogens (tertiary/aromatic N) is 2. The van der Waals surface area contributed by atoms with Gasteiger partial charge in [0.1, 0.15) is 0 Å². The zero-order chi connectivity index (χ0) is 15.0. The summed E-state index contributed by atoms with van der Waals surface area (Å²) >= 11 is 6.18. The van der Waals surface area contributed by atoms with Crippen molar-refractivity contribution in [2.45, 2.75) is 31.6 Å². The van der Waals surface area contributed by atoms with Crippen molar-refractivity contribution in [3.8, 4) is 5.69 Å². The third-order valence-corrected chi connectivity index (χ3v) is 3.72. The molecule has 3 nitrogen and oxygen atoms in total. The Hall–Kier alpha value is -1.53. The van der Waals surface area contributed by atoms with Gasteiger partial charge < -0.3 is 5.32 Å². The van der Waals surface area contributed by atoms with E-state index in [9.17, 15) is 13.2 Å². The molecule has 7 heteroatoms. The molecule has 0 bridgehead atoms. The molecule has 1 aliphatic rings. The molecule has 1 aliphatic carbocycles. The molecule has 1 N–H and O–H groups in total. The third-order valence-electron chi connectivity index (χ3n) is 3.37. The van der Waals surface area contributed by atoms with Crippen LogP contribution in [0, 0.1) is 0 Å². The van der Waals surface area contributed by atoms with E-state index >= 15 is 0 Å². The number of alkyl halides is 3. The van der Waals surface area contributed by atoms with Crippen molar-refractivity contribution >= 4 is 11.6 Å². The van der Waals surface area contributed by atoms with Crippen LogP contribution in [0.15, 0.2) is 30.6 Å². The van der Waals surface area contributed by atoms with E-state index < -0.39 is 11.7 Å². The second-order valence-electron chi connectivity index (χ2n) is 5.10. The molecule has 112 valence electrons. The quantitative estimate of drug-likeness (QED) is 0.930. The van der Waals surface area contributed by atoms with Gasteiger partial charge in [0, 0.05) is 23.8 Å². The minimum atomic E-state index is -4.39. The monoisotopic (exact) mass is 315 g/mol. The zero-order valence-corrected chi connectivity index (χ0v) is 11.7. The minimum absolute atomic E-state index is 0.505. The van der Waals surface area contributed by atoms with Crippen molar-refractivity contribution in [2.24, 2.45) is 0 Å². The van der Waals surface area contributed by atoms with Crippen molar-refractivity contribution in [2.75, 3.05) is 0 Å². The normalized spacial score (nSPS) is 15.4. The Morgan fingerprint density at radius 3 is 2.67 bits per heavy atom. The average Bonchev–Trinajstić information content (AvgIpc) is 3.09. The number of aromatic nitrogens is 2. The maximum Gasteiger partial charge on any atom is 0.419 e. The predicted octanol–water partition coefficient (Wildman–Crippen LogP) is 3.80. The molecule has 21 heavy (non-hydrogen) atoms. The van der Waals surface area contributed by atoms with E-state index in [1.165, 1.54) is 17.5 Å². The van der Waals surface area contributed by atoms with Gasteiger partial charge in [-0.25, -0.2) is 4.68 Å². The van der Waals surface area contributed by atoms with Crippen LogP contribution in [0.5, 0.6) is 0 Å². The Balaban J connectivity index is 1.79. The molecule has 1 heterocycles. The summed E-state index contributed by atoms with van der Waals surface area (Å²) in [5.74, 6) is 0. The lowest BCUT2D eigenvalue weighted by Crippen LogP contribution is -2.15. The molecule has 0 aliphatic heterocycles. The SMILES string of the molecule is FC(F)(F)c1cnn(-c2ccc(CNC3CC3)c(Cl)c2)c1. The van der Waals surface area contributed by atoms with Gasteiger partial charge in [0.2, 0.25) is 0 Å². The van der Waals surface area contributed by atoms with Gasteiger partial charge in [0.25, 0.3) is 0 Å². The lowest BCUT2D eigenvalue weighted by atomic mass is 10.2. The summed E-state index contributed by atoms with van der Waals surface area (Å²) in [6.07, 6.45) is -0.271. The number of halogens is 4. The van der Waals surface area contributed by atoms with Crippen LogP contribution in [0.2, 0.25) is 5.02 Å². The van der Waals surface area contributed by atoms with Gasteiger partial charge in [-0.15, -0.1) is 0 Å². The number of hydrogen-bond acceptors (Lipinski definition) is 2. The summed E-state index contributed by atoms with van der Waals surface area (Å²) in [6.45, 7) is 0.663. The summed E-state index contributed by atoms with van der Waals surface area (Å²) in [6, 6.07) is 5.71. The first-order valence-electron chi connectivity index (χ1n) is 6.57. The molecule has 0 amide bonds. The maximum atomic E-state index is 12.6. The highest BCUT2D eigenvalue weighted by atomic mass is 35.5. The van der Waals surface area contributed by atoms with Gasteiger partial charge in [-0.2, -0.15) is 18.3 Å². The summed E-state index contributed by atoms with van der Waals surface area (Å²) in [4.78, 5) is 0. The van der Waals surface area contributed by atoms with Crippen molar-refractivity contribution in [1.82, 2.24) is 15.1 Å². The van der Waals surface area contributed by atoms with Crippen LogP contribution in [0.1, 0.15) is 24.0 Å². The average molecular weight is 316 g/mol. The highest BCUT2D eigenvalue weighted by Gasteiger charge is 2.32. The Morgan fingerprint density at radius 2 is 2.10 bits per heavy atom. The molecule has 1 fully saturated rings. The Kier molecular flexibility index (Phi) is 3.67. The molecular formula is C14H13ClF3N3. The first-order chi connectivity index (χ1) is 9.93. The molecule has 0 unspecified atom stereocenters. The van der Waals surface area contributed by atoms with Crippen molar-refractivity contribution in [1.29, 1.82) is 0 Å². The van der Waals surface area contributed by atoms with Crippen LogP contribution in [0.3, 0.4) is 0 Å². The molecule has 1 aromatic carbocycles. The van der Waals surface area contributed by atoms with Gasteiger partial charge in [0.05, 0.1) is 17.4 Å². The second kappa shape index (κ2) is 5.35. The van der Waals surface area contributed by atoms with Crippen LogP contribution in [-0.2, 0) is 12.7 Å². The predicted molar refractivity (Wildman–Crippen MR) is 73.4 cm³/mol. The van der Waals surface area contributed by atoms with Crippen LogP contribution in [0.4, 0.5) is 13.2 Å². The van der Waals surface area contributed by atoms with E-state index in [0.29, 0.717) is 23.3 Å². The molecule has 3 rings (SSSR count). The minimum Gasteiger partial charge on any atom is -0.310 e. The Labute approximate surface area is 124 Å². The summed E-state index contributed by atoms with van der Waals surface area (Å²) < 4.78 is 38.8. The van der Waals surface area contributed by atoms with Gasteiger partial charge in [-0.3, -0.25) is 0 Å². The standard InChI is InChI=1S/C14H13ClF3N3/c15-13-5-12(4-1-9(13)6-19-11-2-3-11)21-8-10(7-20-21)14(16,17)18/h1,4-5,7-8,11,19H,2-3,6H2. The smallest absolute Gasteiger partial charge is 0.310 e. The molecule has 0 spiro atoms. The number of nitrogens with one attached hydrogen (secondary N) is 1. The topological polar surface area (TPSA) is 29.9 Å². The molecule has 1 aromatic heterocycles. The zero-order valence-electron chi connectivity index (χ0n) is 11.0. The van der Waals surface area contributed by atoms with E-state index in [1.807, 2.05) is 6.07 Å². The fourth-order valence-corrected chi connectivity index (χ4v) is 2.22. The number of rotatable bonds is 4. The van der Waals surface area contributed by atoms with E-state index in [4.69, 9.17) is 11.6 Å². The van der Waals surface area contributed by atoms with Crippen LogP contribution < -0.4 is 5.32 Å². The van der Waals surface area contributed by atoms with E-state index in [2.05, 4.69) is 10.4 Å². The van der Waals surface area contributed by atoms with Crippen LogP contribution >= 0.6 is 11.6 Å². The van der Waals surface area contributed by atoms with Crippen molar-refractivity contribution in [3.63, 3.8) is 0 Å². The highest BCUT2D eigenvalue weighted by Crippen LogP contribution is 2.29. The first-order valence-corrected chi connectivity index (χ1v) is 6.95. The Bertz CT molecular complexity index is 647. The van der Waals surface area contributed by atoms with Gasteiger partial charge in [-0.1, -0.05) is 17.7 Å². The van der Waals surface area contributed by atoms with E-state index in [0.717, 1.165) is 18.0 Å². The van der Waals surface area contributed by atoms with Gasteiger partial charge in [0.15, 0.2) is 0 Å². The lowest BCUT2D eigenvalue weighted by Gasteiger charge is -2.08. The molecule has 0 saturated heterocycles. The molecule has 0 radical (unpaired) electrons. The largest absolute Gasteiger partial charge is 0.419 e. The van der Waals surface area contributed by atoms with Crippen LogP contribution in [-0.4, -0.2) is 15.8 Å². The van der Waals surface area contributed by atoms with Crippen molar-refractivity contribution in [3.05, 3.63) is 46.7 Å². The summed E-state index contributed by atoms with van der Waals surface area (Å²) in [7, 11) is 0. The fourth-order valence-electron chi connectivity index (χ4n) is 1.97. The second-order valence-corrected chi connectivity index (χ2v) is 5.51. The summed E-state index contributed by atoms with van der Waals surface area (Å²) in [5, 5.41) is 7.59. The van der Waals surface area contributed by atoms with Gasteiger partial charge in [-0.05, 0) is 30.5 Å². The first kappa shape index (κ1) is 14.4. The number of benzene rings is 1. The maximum absolute atomic E-state index is 12.6. The van der Waals surface area contributed by atoms with E-state index in [-0.39, 0.29) is 0 Å². The number of hydrogen-bond donors (Lipinski definition) is 1. The molecular weight excluding hydrogens is 303 g/mol. The molecule has 0 atom stereocenters. The van der Waals surface area contributed by atoms with Gasteiger partial charge >= 0.3 is 6.18 Å². The van der Waals surface area contributed by atoms with E-state index in [1.54, 1.807) is 12.1 Å².